The van der Waals surface area contributed by atoms with Gasteiger partial charge in [-0.3, -0.25) is 4.79 Å². The van der Waals surface area contributed by atoms with Gasteiger partial charge in [-0.25, -0.2) is 4.79 Å². The molecule has 0 fully saturated rings. The number of benzene rings is 2. The Balaban J connectivity index is 1.96. The fourth-order valence-corrected chi connectivity index (χ4v) is 2.74. The highest BCUT2D eigenvalue weighted by Crippen LogP contribution is 2.31. The van der Waals surface area contributed by atoms with Crippen LogP contribution < -0.4 is 4.90 Å². The van der Waals surface area contributed by atoms with Crippen LogP contribution in [-0.2, 0) is 6.42 Å². The maximum absolute atomic E-state index is 12.6. The normalized spacial score (nSPS) is 13.1. The molecule has 0 saturated carbocycles. The van der Waals surface area contributed by atoms with Crippen LogP contribution >= 0.6 is 11.6 Å². The molecule has 0 atom stereocenters. The number of hydrogen-bond acceptors (Lipinski definition) is 2. The van der Waals surface area contributed by atoms with E-state index < -0.39 is 5.97 Å². The quantitative estimate of drug-likeness (QED) is 0.926. The largest absolute Gasteiger partial charge is 0.478 e. The van der Waals surface area contributed by atoms with E-state index >= 15 is 0 Å². The van der Waals surface area contributed by atoms with Crippen LogP contribution in [0.1, 0.15) is 26.3 Å². The van der Waals surface area contributed by atoms with E-state index in [4.69, 9.17) is 16.7 Å². The molecule has 1 heterocycles. The van der Waals surface area contributed by atoms with Gasteiger partial charge in [0.25, 0.3) is 5.91 Å². The van der Waals surface area contributed by atoms with Crippen molar-refractivity contribution in [3.63, 3.8) is 0 Å². The molecule has 1 aliphatic rings. The zero-order valence-corrected chi connectivity index (χ0v) is 11.8. The Kier molecular flexibility index (Phi) is 3.39. The summed E-state index contributed by atoms with van der Waals surface area (Å²) in [6.07, 6.45) is 0.645. The third-order valence-electron chi connectivity index (χ3n) is 3.57. The van der Waals surface area contributed by atoms with E-state index in [9.17, 15) is 9.59 Å². The summed E-state index contributed by atoms with van der Waals surface area (Å²) in [5.41, 5.74) is 2.32. The SMILES string of the molecule is O=C(O)c1ccc2c(c1)CCN2C(=O)c1ccccc1Cl. The maximum Gasteiger partial charge on any atom is 0.335 e. The first-order valence-electron chi connectivity index (χ1n) is 6.50. The molecule has 0 radical (unpaired) electrons. The fraction of sp³-hybridized carbons (Fsp3) is 0.125. The number of halogens is 1. The van der Waals surface area contributed by atoms with Gasteiger partial charge in [0.1, 0.15) is 0 Å². The molecule has 1 amide bonds. The molecule has 1 N–H and O–H groups in total. The minimum Gasteiger partial charge on any atom is -0.478 e. The lowest BCUT2D eigenvalue weighted by atomic mass is 10.1. The van der Waals surface area contributed by atoms with Crippen molar-refractivity contribution in [1.82, 2.24) is 0 Å². The van der Waals surface area contributed by atoms with E-state index in [2.05, 4.69) is 0 Å². The molecule has 21 heavy (non-hydrogen) atoms. The van der Waals surface area contributed by atoms with Gasteiger partial charge in [0.2, 0.25) is 0 Å². The summed E-state index contributed by atoms with van der Waals surface area (Å²) >= 11 is 6.07. The molecular formula is C16H12ClNO3. The highest BCUT2D eigenvalue weighted by atomic mass is 35.5. The number of carboxylic acid groups (broad SMARTS) is 1. The van der Waals surface area contributed by atoms with Crippen molar-refractivity contribution in [2.24, 2.45) is 0 Å². The third kappa shape index (κ3) is 2.38. The molecule has 3 rings (SSSR count). The van der Waals surface area contributed by atoms with E-state index in [1.807, 2.05) is 0 Å². The van der Waals surface area contributed by atoms with Crippen molar-refractivity contribution in [2.75, 3.05) is 11.4 Å². The number of anilines is 1. The second kappa shape index (κ2) is 5.22. The molecule has 0 saturated heterocycles. The molecule has 1 aliphatic heterocycles. The molecule has 5 heteroatoms. The van der Waals surface area contributed by atoms with Crippen molar-refractivity contribution < 1.29 is 14.7 Å². The molecular weight excluding hydrogens is 290 g/mol. The summed E-state index contributed by atoms with van der Waals surface area (Å²) in [6, 6.07) is 11.7. The first kappa shape index (κ1) is 13.6. The standard InChI is InChI=1S/C16H12ClNO3/c17-13-4-2-1-3-12(13)15(19)18-8-7-10-9-11(16(20)21)5-6-14(10)18/h1-6,9H,7-8H2,(H,20,21). The Labute approximate surface area is 126 Å². The van der Waals surface area contributed by atoms with Crippen molar-refractivity contribution in [2.45, 2.75) is 6.42 Å². The van der Waals surface area contributed by atoms with Crippen molar-refractivity contribution in [1.29, 1.82) is 0 Å². The summed E-state index contributed by atoms with van der Waals surface area (Å²) in [7, 11) is 0. The van der Waals surface area contributed by atoms with Crippen molar-refractivity contribution in [3.8, 4) is 0 Å². The molecule has 4 nitrogen and oxygen atoms in total. The molecule has 0 aromatic heterocycles. The Morgan fingerprint density at radius 3 is 2.62 bits per heavy atom. The highest BCUT2D eigenvalue weighted by molar-refractivity contribution is 6.34. The first-order chi connectivity index (χ1) is 10.1. The summed E-state index contributed by atoms with van der Waals surface area (Å²) in [5, 5.41) is 9.42. The number of nitrogens with zero attached hydrogens (tertiary/aromatic N) is 1. The lowest BCUT2D eigenvalue weighted by molar-refractivity contribution is 0.0696. The number of fused-ring (bicyclic) bond motifs is 1. The number of carboxylic acids is 1. The molecule has 0 aliphatic carbocycles. The van der Waals surface area contributed by atoms with Crippen LogP contribution in [0.15, 0.2) is 42.5 Å². The molecule has 0 bridgehead atoms. The maximum atomic E-state index is 12.6. The minimum atomic E-state index is -0.964. The number of rotatable bonds is 2. The van der Waals surface area contributed by atoms with Gasteiger partial charge in [0.15, 0.2) is 0 Å². The fourth-order valence-electron chi connectivity index (χ4n) is 2.53. The monoisotopic (exact) mass is 301 g/mol. The summed E-state index contributed by atoms with van der Waals surface area (Å²) < 4.78 is 0. The second-order valence-corrected chi connectivity index (χ2v) is 5.24. The van der Waals surface area contributed by atoms with Crippen LogP contribution in [0.25, 0.3) is 0 Å². The van der Waals surface area contributed by atoms with Gasteiger partial charge in [-0.2, -0.15) is 0 Å². The minimum absolute atomic E-state index is 0.164. The van der Waals surface area contributed by atoms with E-state index in [0.29, 0.717) is 23.6 Å². The summed E-state index contributed by atoms with van der Waals surface area (Å²) in [5.74, 6) is -1.13. The second-order valence-electron chi connectivity index (χ2n) is 4.84. The van der Waals surface area contributed by atoms with Crippen LogP contribution in [0.4, 0.5) is 5.69 Å². The Morgan fingerprint density at radius 2 is 1.90 bits per heavy atom. The lowest BCUT2D eigenvalue weighted by Gasteiger charge is -2.18. The zero-order valence-electron chi connectivity index (χ0n) is 11.0. The van der Waals surface area contributed by atoms with Crippen LogP contribution in [0.3, 0.4) is 0 Å². The zero-order chi connectivity index (χ0) is 15.0. The van der Waals surface area contributed by atoms with E-state index in [0.717, 1.165) is 11.3 Å². The predicted octanol–water partition coefficient (Wildman–Crippen LogP) is 3.24. The number of aromatic carboxylic acids is 1. The van der Waals surface area contributed by atoms with Gasteiger partial charge < -0.3 is 10.0 Å². The molecule has 0 spiro atoms. The van der Waals surface area contributed by atoms with Gasteiger partial charge in [0, 0.05) is 12.2 Å². The number of carbonyl (C=O) groups is 2. The van der Waals surface area contributed by atoms with Gasteiger partial charge in [0.05, 0.1) is 16.1 Å². The molecule has 106 valence electrons. The topological polar surface area (TPSA) is 57.6 Å². The third-order valence-corrected chi connectivity index (χ3v) is 3.90. The predicted molar refractivity (Wildman–Crippen MR) is 80.2 cm³/mol. The highest BCUT2D eigenvalue weighted by Gasteiger charge is 2.27. The van der Waals surface area contributed by atoms with E-state index in [-0.39, 0.29) is 11.5 Å². The number of hydrogen-bond donors (Lipinski definition) is 1. The molecule has 2 aromatic carbocycles. The van der Waals surface area contributed by atoms with Gasteiger partial charge >= 0.3 is 5.97 Å². The lowest BCUT2D eigenvalue weighted by Crippen LogP contribution is -2.29. The summed E-state index contributed by atoms with van der Waals surface area (Å²) in [4.78, 5) is 25.2. The van der Waals surface area contributed by atoms with Gasteiger partial charge in [-0.05, 0) is 42.3 Å². The van der Waals surface area contributed by atoms with Crippen LogP contribution in [0, 0.1) is 0 Å². The van der Waals surface area contributed by atoms with Crippen LogP contribution in [-0.4, -0.2) is 23.5 Å². The summed E-state index contributed by atoms with van der Waals surface area (Å²) in [6.45, 7) is 0.530. The smallest absolute Gasteiger partial charge is 0.335 e. The van der Waals surface area contributed by atoms with Gasteiger partial charge in [-0.1, -0.05) is 23.7 Å². The van der Waals surface area contributed by atoms with Crippen molar-refractivity contribution >= 4 is 29.2 Å². The van der Waals surface area contributed by atoms with Crippen molar-refractivity contribution in [3.05, 3.63) is 64.2 Å². The average Bonchev–Trinajstić information content (AvgIpc) is 2.90. The Hall–Kier alpha value is -2.33. The number of carbonyl (C=O) groups excluding carboxylic acids is 1. The molecule has 0 unspecified atom stereocenters. The van der Waals surface area contributed by atoms with E-state index in [1.54, 1.807) is 41.3 Å². The molecule has 2 aromatic rings. The van der Waals surface area contributed by atoms with Crippen LogP contribution in [0.5, 0.6) is 0 Å². The number of amides is 1. The Morgan fingerprint density at radius 1 is 1.14 bits per heavy atom. The van der Waals surface area contributed by atoms with Gasteiger partial charge in [-0.15, -0.1) is 0 Å². The van der Waals surface area contributed by atoms with Crippen LogP contribution in [0.2, 0.25) is 5.02 Å². The average molecular weight is 302 g/mol. The first-order valence-corrected chi connectivity index (χ1v) is 6.88. The Bertz CT molecular complexity index is 742. The van der Waals surface area contributed by atoms with E-state index in [1.165, 1.54) is 6.07 Å².